The Hall–Kier alpha value is -1.22. The molecule has 0 unspecified atom stereocenters. The lowest BCUT2D eigenvalue weighted by molar-refractivity contribution is -0.134. The quantitative estimate of drug-likeness (QED) is 0.0914. The highest BCUT2D eigenvalue weighted by molar-refractivity contribution is 6.43. The van der Waals surface area contributed by atoms with Gasteiger partial charge in [0.1, 0.15) is 0 Å². The molecule has 0 amide bonds. The Morgan fingerprint density at radius 2 is 1.38 bits per heavy atom. The molecule has 1 aromatic carbocycles. The van der Waals surface area contributed by atoms with E-state index in [9.17, 15) is 4.79 Å². The Kier molecular flexibility index (Phi) is 14.7. The number of hydrogen-bond acceptors (Lipinski definition) is 2. The smallest absolute Gasteiger partial charge is 0.311 e. The minimum Gasteiger partial charge on any atom is -0.425 e. The molecule has 0 atom stereocenters. The fourth-order valence-corrected chi connectivity index (χ4v) is 3.22. The molecule has 29 heavy (non-hydrogen) atoms. The van der Waals surface area contributed by atoms with Crippen molar-refractivity contribution in [2.75, 3.05) is 0 Å². The molecule has 0 saturated carbocycles. The molecular weight excluding hydrogens is 427 g/mol. The van der Waals surface area contributed by atoms with Crippen molar-refractivity contribution < 1.29 is 9.53 Å². The van der Waals surface area contributed by atoms with Gasteiger partial charge in [-0.1, -0.05) is 97.4 Å². The molecule has 0 aliphatic rings. The zero-order chi connectivity index (χ0) is 21.3. The van der Waals surface area contributed by atoms with E-state index in [0.717, 1.165) is 44.9 Å². The maximum Gasteiger partial charge on any atom is 0.311 e. The number of esters is 1. The van der Waals surface area contributed by atoms with Gasteiger partial charge in [0.25, 0.3) is 0 Å². The van der Waals surface area contributed by atoms with E-state index in [1.165, 1.54) is 25.0 Å². The lowest BCUT2D eigenvalue weighted by Crippen LogP contribution is -2.07. The van der Waals surface area contributed by atoms with Crippen molar-refractivity contribution in [3.63, 3.8) is 0 Å². The first-order valence-corrected chi connectivity index (χ1v) is 11.5. The van der Waals surface area contributed by atoms with Gasteiger partial charge in [-0.15, -0.1) is 0 Å². The van der Waals surface area contributed by atoms with Crippen LogP contribution in [0.2, 0.25) is 15.1 Å². The minimum atomic E-state index is -0.300. The Morgan fingerprint density at radius 3 is 2.10 bits per heavy atom. The van der Waals surface area contributed by atoms with Crippen LogP contribution in [-0.4, -0.2) is 5.97 Å². The van der Waals surface area contributed by atoms with E-state index in [1.807, 2.05) is 0 Å². The van der Waals surface area contributed by atoms with Crippen molar-refractivity contribution in [1.29, 1.82) is 0 Å². The second kappa shape index (κ2) is 16.6. The summed E-state index contributed by atoms with van der Waals surface area (Å²) in [5.74, 6) is -0.0448. The van der Waals surface area contributed by atoms with Crippen LogP contribution >= 0.6 is 34.8 Å². The molecule has 0 bridgehead atoms. The number of allylic oxidation sites excluding steroid dienone is 6. The van der Waals surface area contributed by atoms with Gasteiger partial charge >= 0.3 is 5.97 Å². The molecule has 0 heterocycles. The third-order valence-electron chi connectivity index (χ3n) is 4.23. The van der Waals surface area contributed by atoms with Crippen LogP contribution in [0.3, 0.4) is 0 Å². The summed E-state index contributed by atoms with van der Waals surface area (Å²) in [5, 5.41) is 0.931. The molecule has 5 heteroatoms. The Morgan fingerprint density at radius 1 is 0.793 bits per heavy atom. The Bertz CT molecular complexity index is 694. The molecule has 0 aliphatic carbocycles. The number of carbonyl (C=O) groups excluding carboxylic acids is 1. The second-order valence-corrected chi connectivity index (χ2v) is 7.99. The van der Waals surface area contributed by atoms with Gasteiger partial charge in [0.05, 0.1) is 15.1 Å². The largest absolute Gasteiger partial charge is 0.425 e. The second-order valence-electron chi connectivity index (χ2n) is 6.77. The molecule has 0 N–H and O–H groups in total. The molecule has 160 valence electrons. The average Bonchev–Trinajstić information content (AvgIpc) is 2.69. The molecule has 0 aliphatic heterocycles. The van der Waals surface area contributed by atoms with E-state index in [2.05, 4.69) is 43.4 Å². The van der Waals surface area contributed by atoms with Crippen LogP contribution in [0.15, 0.2) is 48.6 Å². The summed E-state index contributed by atoms with van der Waals surface area (Å²) in [4.78, 5) is 11.9. The summed E-state index contributed by atoms with van der Waals surface area (Å²) in [6.07, 6.45) is 23.2. The highest BCUT2D eigenvalue weighted by Crippen LogP contribution is 2.34. The molecule has 2 nitrogen and oxygen atoms in total. The SMILES string of the molecule is CC/C=C\C/C=C\C/C=C\CCCCCCCC(=O)Oc1cc(Cl)c(Cl)cc1Cl. The van der Waals surface area contributed by atoms with Gasteiger partial charge in [-0.2, -0.15) is 0 Å². The van der Waals surface area contributed by atoms with Crippen molar-refractivity contribution >= 4 is 40.8 Å². The fraction of sp³-hybridized carbons (Fsp3) is 0.458. The number of benzene rings is 1. The lowest BCUT2D eigenvalue weighted by Gasteiger charge is -2.07. The van der Waals surface area contributed by atoms with Gasteiger partial charge in [0.2, 0.25) is 0 Å². The molecule has 1 rings (SSSR count). The topological polar surface area (TPSA) is 26.3 Å². The zero-order valence-corrected chi connectivity index (χ0v) is 19.4. The van der Waals surface area contributed by atoms with Gasteiger partial charge in [-0.25, -0.2) is 0 Å². The predicted molar refractivity (Wildman–Crippen MR) is 126 cm³/mol. The highest BCUT2D eigenvalue weighted by atomic mass is 35.5. The number of unbranched alkanes of at least 4 members (excludes halogenated alkanes) is 5. The molecule has 0 saturated heterocycles. The van der Waals surface area contributed by atoms with Gasteiger partial charge in [0.15, 0.2) is 5.75 Å². The van der Waals surface area contributed by atoms with Gasteiger partial charge in [0, 0.05) is 12.5 Å². The predicted octanol–water partition coefficient (Wildman–Crippen LogP) is 9.14. The summed E-state index contributed by atoms with van der Waals surface area (Å²) >= 11 is 17.8. The molecule has 1 aromatic rings. The maximum atomic E-state index is 11.9. The summed E-state index contributed by atoms with van der Waals surface area (Å²) in [5.41, 5.74) is 0. The standard InChI is InChI=1S/C24H31Cl3O2/c1-2-3-4-5-6-7-8-9-10-11-12-13-14-15-16-17-24(28)29-23-19-21(26)20(25)18-22(23)27/h3-4,6-7,9-10,18-19H,2,5,8,11-17H2,1H3/b4-3-,7-6-,10-9-. The third-order valence-corrected chi connectivity index (χ3v) is 5.25. The van der Waals surface area contributed by atoms with E-state index < -0.39 is 0 Å². The number of rotatable bonds is 14. The van der Waals surface area contributed by atoms with Crippen LogP contribution < -0.4 is 4.74 Å². The molecule has 0 aromatic heterocycles. The van der Waals surface area contributed by atoms with Crippen molar-refractivity contribution in [2.24, 2.45) is 0 Å². The number of ether oxygens (including phenoxy) is 1. The van der Waals surface area contributed by atoms with Crippen molar-refractivity contribution in [1.82, 2.24) is 0 Å². The number of hydrogen-bond donors (Lipinski definition) is 0. The number of carbonyl (C=O) groups is 1. The highest BCUT2D eigenvalue weighted by Gasteiger charge is 2.11. The number of halogens is 3. The molecular formula is C24H31Cl3O2. The fourth-order valence-electron chi connectivity index (χ4n) is 2.64. The van der Waals surface area contributed by atoms with Gasteiger partial charge < -0.3 is 4.74 Å². The normalized spacial score (nSPS) is 11.9. The van der Waals surface area contributed by atoms with Gasteiger partial charge in [-0.3, -0.25) is 4.79 Å². The van der Waals surface area contributed by atoms with Crippen LogP contribution in [0.4, 0.5) is 0 Å². The van der Waals surface area contributed by atoms with E-state index in [4.69, 9.17) is 39.5 Å². The van der Waals surface area contributed by atoms with Crippen LogP contribution in [0.1, 0.15) is 71.1 Å². The molecule has 0 fully saturated rings. The van der Waals surface area contributed by atoms with Crippen molar-refractivity contribution in [2.45, 2.75) is 71.1 Å². The van der Waals surface area contributed by atoms with E-state index in [1.54, 1.807) is 0 Å². The van der Waals surface area contributed by atoms with Crippen LogP contribution in [0, 0.1) is 0 Å². The van der Waals surface area contributed by atoms with E-state index in [-0.39, 0.29) is 16.7 Å². The summed E-state index contributed by atoms with van der Waals surface area (Å²) < 4.78 is 5.27. The average molecular weight is 458 g/mol. The third kappa shape index (κ3) is 12.8. The minimum absolute atomic E-state index is 0.255. The molecule has 0 radical (unpaired) electrons. The summed E-state index contributed by atoms with van der Waals surface area (Å²) in [6, 6.07) is 2.95. The van der Waals surface area contributed by atoms with Crippen LogP contribution in [0.5, 0.6) is 5.75 Å². The monoisotopic (exact) mass is 456 g/mol. The first kappa shape index (κ1) is 25.8. The van der Waals surface area contributed by atoms with E-state index in [0.29, 0.717) is 16.5 Å². The van der Waals surface area contributed by atoms with Gasteiger partial charge in [-0.05, 0) is 44.6 Å². The zero-order valence-electron chi connectivity index (χ0n) is 17.1. The van der Waals surface area contributed by atoms with E-state index >= 15 is 0 Å². The summed E-state index contributed by atoms with van der Waals surface area (Å²) in [6.45, 7) is 2.15. The van der Waals surface area contributed by atoms with Crippen molar-refractivity contribution in [3.05, 3.63) is 63.7 Å². The maximum absolute atomic E-state index is 11.9. The Balaban J connectivity index is 2.03. The Labute approximate surface area is 190 Å². The van der Waals surface area contributed by atoms with Crippen molar-refractivity contribution in [3.8, 4) is 5.75 Å². The lowest BCUT2D eigenvalue weighted by atomic mass is 10.1. The summed E-state index contributed by atoms with van der Waals surface area (Å²) in [7, 11) is 0. The van der Waals surface area contributed by atoms with Crippen LogP contribution in [-0.2, 0) is 4.79 Å². The molecule has 0 spiro atoms. The first-order valence-electron chi connectivity index (χ1n) is 10.3. The first-order chi connectivity index (χ1) is 14.0. The van der Waals surface area contributed by atoms with Crippen LogP contribution in [0.25, 0.3) is 0 Å².